The van der Waals surface area contributed by atoms with Crippen LogP contribution in [0, 0.1) is 5.92 Å². The zero-order valence-electron chi connectivity index (χ0n) is 16.2. The number of ether oxygens (including phenoxy) is 1. The summed E-state index contributed by atoms with van der Waals surface area (Å²) in [6.07, 6.45) is 1.79. The predicted octanol–water partition coefficient (Wildman–Crippen LogP) is 2.01. The highest BCUT2D eigenvalue weighted by Gasteiger charge is 2.28. The molecule has 1 aromatic carbocycles. The van der Waals surface area contributed by atoms with Crippen molar-refractivity contribution in [1.29, 1.82) is 0 Å². The Morgan fingerprint density at radius 2 is 2.00 bits per heavy atom. The number of halogens is 1. The Hall–Kier alpha value is -1.84. The van der Waals surface area contributed by atoms with Crippen LogP contribution in [0.5, 0.6) is 0 Å². The number of nitrogens with one attached hydrogen (secondary N) is 2. The van der Waals surface area contributed by atoms with Crippen LogP contribution in [0.2, 0.25) is 0 Å². The van der Waals surface area contributed by atoms with Crippen molar-refractivity contribution in [3.8, 4) is 0 Å². The zero-order chi connectivity index (χ0) is 18.9. The first kappa shape index (κ1) is 23.2. The van der Waals surface area contributed by atoms with Crippen LogP contribution in [-0.2, 0) is 16.1 Å². The molecule has 1 saturated heterocycles. The number of hydrogen-bond donors (Lipinski definition) is 2. The van der Waals surface area contributed by atoms with Crippen LogP contribution < -0.4 is 10.6 Å². The van der Waals surface area contributed by atoms with Crippen molar-refractivity contribution in [3.05, 3.63) is 35.4 Å². The first-order chi connectivity index (χ1) is 12.6. The maximum atomic E-state index is 12.0. The summed E-state index contributed by atoms with van der Waals surface area (Å²) >= 11 is 0. The monoisotopic (exact) mass is 488 g/mol. The van der Waals surface area contributed by atoms with Gasteiger partial charge < -0.3 is 20.3 Å². The van der Waals surface area contributed by atoms with Crippen LogP contribution in [0.3, 0.4) is 0 Å². The molecular formula is C19H29IN4O3. The van der Waals surface area contributed by atoms with Crippen LogP contribution in [0.25, 0.3) is 0 Å². The third-order valence-electron chi connectivity index (χ3n) is 4.45. The van der Waals surface area contributed by atoms with Crippen molar-refractivity contribution in [3.63, 3.8) is 0 Å². The van der Waals surface area contributed by atoms with Crippen LogP contribution >= 0.6 is 24.0 Å². The summed E-state index contributed by atoms with van der Waals surface area (Å²) in [7, 11) is 3.36. The molecule has 0 aromatic heterocycles. The van der Waals surface area contributed by atoms with Gasteiger partial charge in [-0.05, 0) is 37.5 Å². The molecule has 1 aromatic rings. The summed E-state index contributed by atoms with van der Waals surface area (Å²) in [4.78, 5) is 30.0. The SMILES string of the molecule is CCOC(=O)C1CCCN(C(=NC)NCc2ccc(C(=O)NC)cc2)C1.I. The second-order valence-corrected chi connectivity index (χ2v) is 6.21. The number of guanidine groups is 1. The highest BCUT2D eigenvalue weighted by molar-refractivity contribution is 14.0. The number of rotatable bonds is 5. The molecule has 150 valence electrons. The molecule has 1 atom stereocenters. The summed E-state index contributed by atoms with van der Waals surface area (Å²) < 4.78 is 5.15. The molecule has 0 aliphatic carbocycles. The lowest BCUT2D eigenvalue weighted by atomic mass is 9.98. The van der Waals surface area contributed by atoms with Gasteiger partial charge in [0.1, 0.15) is 0 Å². The Morgan fingerprint density at radius 3 is 2.59 bits per heavy atom. The van der Waals surface area contributed by atoms with Crippen molar-refractivity contribution >= 4 is 41.8 Å². The average molecular weight is 488 g/mol. The summed E-state index contributed by atoms with van der Waals surface area (Å²) in [6, 6.07) is 7.44. The molecule has 1 heterocycles. The number of aliphatic imine (C=N–C) groups is 1. The van der Waals surface area contributed by atoms with E-state index in [2.05, 4.69) is 20.5 Å². The molecule has 1 amide bonds. The molecule has 0 bridgehead atoms. The fourth-order valence-corrected chi connectivity index (χ4v) is 3.05. The topological polar surface area (TPSA) is 83.0 Å². The largest absolute Gasteiger partial charge is 0.466 e. The third-order valence-corrected chi connectivity index (χ3v) is 4.45. The smallest absolute Gasteiger partial charge is 0.310 e. The Bertz CT molecular complexity index is 649. The van der Waals surface area contributed by atoms with E-state index in [1.165, 1.54) is 0 Å². The van der Waals surface area contributed by atoms with Gasteiger partial charge in [-0.3, -0.25) is 14.6 Å². The number of esters is 1. The first-order valence-electron chi connectivity index (χ1n) is 9.02. The third kappa shape index (κ3) is 6.67. The molecule has 1 fully saturated rings. The molecule has 0 spiro atoms. The normalized spacial score (nSPS) is 16.9. The lowest BCUT2D eigenvalue weighted by Crippen LogP contribution is -2.48. The molecule has 0 radical (unpaired) electrons. The number of amides is 1. The number of hydrogen-bond acceptors (Lipinski definition) is 4. The van der Waals surface area contributed by atoms with Gasteiger partial charge in [-0.2, -0.15) is 0 Å². The van der Waals surface area contributed by atoms with Gasteiger partial charge in [-0.15, -0.1) is 24.0 Å². The van der Waals surface area contributed by atoms with E-state index in [0.717, 1.165) is 30.9 Å². The quantitative estimate of drug-likeness (QED) is 0.287. The van der Waals surface area contributed by atoms with Crippen molar-refractivity contribution in [2.45, 2.75) is 26.3 Å². The summed E-state index contributed by atoms with van der Waals surface area (Å²) in [5.74, 6) is 0.444. The summed E-state index contributed by atoms with van der Waals surface area (Å²) in [5.41, 5.74) is 1.69. The summed E-state index contributed by atoms with van der Waals surface area (Å²) in [5, 5.41) is 5.94. The lowest BCUT2D eigenvalue weighted by Gasteiger charge is -2.34. The maximum Gasteiger partial charge on any atom is 0.310 e. The van der Waals surface area contributed by atoms with E-state index in [9.17, 15) is 9.59 Å². The van der Waals surface area contributed by atoms with Crippen LogP contribution in [0.15, 0.2) is 29.3 Å². The van der Waals surface area contributed by atoms with Gasteiger partial charge in [0, 0.05) is 39.3 Å². The molecule has 8 heteroatoms. The van der Waals surface area contributed by atoms with E-state index in [0.29, 0.717) is 25.3 Å². The number of carbonyl (C=O) groups excluding carboxylic acids is 2. The van der Waals surface area contributed by atoms with E-state index in [4.69, 9.17) is 4.74 Å². The number of piperidine rings is 1. The number of likely N-dealkylation sites (tertiary alicyclic amines) is 1. The Balaban J connectivity index is 0.00000364. The fourth-order valence-electron chi connectivity index (χ4n) is 3.05. The van der Waals surface area contributed by atoms with Crippen molar-refractivity contribution < 1.29 is 14.3 Å². The second kappa shape index (κ2) is 11.8. The molecule has 1 aliphatic rings. The van der Waals surface area contributed by atoms with Gasteiger partial charge in [0.15, 0.2) is 5.96 Å². The fraction of sp³-hybridized carbons (Fsp3) is 0.526. The van der Waals surface area contributed by atoms with Crippen LogP contribution in [-0.4, -0.2) is 56.5 Å². The highest BCUT2D eigenvalue weighted by Crippen LogP contribution is 2.18. The Morgan fingerprint density at radius 1 is 1.30 bits per heavy atom. The van der Waals surface area contributed by atoms with E-state index in [1.807, 2.05) is 19.1 Å². The van der Waals surface area contributed by atoms with Crippen LogP contribution in [0.4, 0.5) is 0 Å². The van der Waals surface area contributed by atoms with Gasteiger partial charge in [0.2, 0.25) is 0 Å². The molecule has 7 nitrogen and oxygen atoms in total. The highest BCUT2D eigenvalue weighted by atomic mass is 127. The average Bonchev–Trinajstić information content (AvgIpc) is 2.68. The number of benzene rings is 1. The van der Waals surface area contributed by atoms with Gasteiger partial charge in [0.05, 0.1) is 12.5 Å². The van der Waals surface area contributed by atoms with Gasteiger partial charge >= 0.3 is 5.97 Å². The molecular weight excluding hydrogens is 459 g/mol. The minimum absolute atomic E-state index is 0. The maximum absolute atomic E-state index is 12.0. The molecule has 27 heavy (non-hydrogen) atoms. The van der Waals surface area contributed by atoms with E-state index < -0.39 is 0 Å². The van der Waals surface area contributed by atoms with E-state index in [1.54, 1.807) is 26.2 Å². The standard InChI is InChI=1S/C19H28N4O3.HI/c1-4-26-18(25)16-6-5-11-23(13-16)19(21-3)22-12-14-7-9-15(10-8-14)17(24)20-2;/h7-10,16H,4-6,11-13H2,1-3H3,(H,20,24)(H,21,22);1H. The Labute approximate surface area is 178 Å². The zero-order valence-corrected chi connectivity index (χ0v) is 18.5. The van der Waals surface area contributed by atoms with Crippen molar-refractivity contribution in [1.82, 2.24) is 15.5 Å². The number of nitrogens with zero attached hydrogens (tertiary/aromatic N) is 2. The predicted molar refractivity (Wildman–Crippen MR) is 116 cm³/mol. The second-order valence-electron chi connectivity index (χ2n) is 6.21. The molecule has 0 saturated carbocycles. The Kier molecular flexibility index (Phi) is 10.1. The van der Waals surface area contributed by atoms with Crippen molar-refractivity contribution in [2.24, 2.45) is 10.9 Å². The minimum Gasteiger partial charge on any atom is -0.466 e. The minimum atomic E-state index is -0.127. The van der Waals surface area contributed by atoms with Crippen molar-refractivity contribution in [2.75, 3.05) is 33.8 Å². The van der Waals surface area contributed by atoms with Crippen LogP contribution in [0.1, 0.15) is 35.7 Å². The van der Waals surface area contributed by atoms with Gasteiger partial charge in [0.25, 0.3) is 5.91 Å². The van der Waals surface area contributed by atoms with Gasteiger partial charge in [-0.25, -0.2) is 0 Å². The lowest BCUT2D eigenvalue weighted by molar-refractivity contribution is -0.149. The van der Waals surface area contributed by atoms with Gasteiger partial charge in [-0.1, -0.05) is 12.1 Å². The van der Waals surface area contributed by atoms with E-state index in [-0.39, 0.29) is 41.8 Å². The molecule has 2 N–H and O–H groups in total. The molecule has 2 rings (SSSR count). The summed E-state index contributed by atoms with van der Waals surface area (Å²) in [6.45, 7) is 4.32. The number of carbonyl (C=O) groups is 2. The first-order valence-corrected chi connectivity index (χ1v) is 9.02. The molecule has 1 aliphatic heterocycles. The van der Waals surface area contributed by atoms with E-state index >= 15 is 0 Å². The molecule has 1 unspecified atom stereocenters.